The van der Waals surface area contributed by atoms with Crippen LogP contribution in [0.2, 0.25) is 0 Å². The Hall–Kier alpha value is -1.56. The molecule has 5 rings (SSSR count). The molecule has 22 heavy (non-hydrogen) atoms. The van der Waals surface area contributed by atoms with E-state index in [1.165, 1.54) is 11.1 Å². The summed E-state index contributed by atoms with van der Waals surface area (Å²) in [6, 6.07) is 4.44. The maximum Gasteiger partial charge on any atom is 0.231 e. The van der Waals surface area contributed by atoms with Crippen LogP contribution in [-0.4, -0.2) is 48.7 Å². The van der Waals surface area contributed by atoms with Crippen LogP contribution in [0.3, 0.4) is 0 Å². The van der Waals surface area contributed by atoms with Crippen LogP contribution in [0.15, 0.2) is 24.3 Å². The number of rotatable bonds is 1. The SMILES string of the molecule is CO[C@@H]1C=C[C@@]23c4cc5c(cc4CN(C[C@H]2O)[C@H]3C1)OCO5. The highest BCUT2D eigenvalue weighted by molar-refractivity contribution is 5.56. The monoisotopic (exact) mass is 301 g/mol. The van der Waals surface area contributed by atoms with E-state index in [0.717, 1.165) is 24.5 Å². The molecule has 2 bridgehead atoms. The summed E-state index contributed by atoms with van der Waals surface area (Å²) < 4.78 is 16.6. The van der Waals surface area contributed by atoms with Crippen LogP contribution in [0.1, 0.15) is 17.5 Å². The number of ether oxygens (including phenoxy) is 3. The molecule has 1 saturated heterocycles. The van der Waals surface area contributed by atoms with Crippen molar-refractivity contribution < 1.29 is 19.3 Å². The van der Waals surface area contributed by atoms with Crippen molar-refractivity contribution in [3.8, 4) is 11.5 Å². The number of methoxy groups -OCH3 is 1. The number of hydrogen-bond donors (Lipinski definition) is 1. The highest BCUT2D eigenvalue weighted by Gasteiger charge is 2.58. The van der Waals surface area contributed by atoms with Crippen molar-refractivity contribution in [1.29, 1.82) is 0 Å². The van der Waals surface area contributed by atoms with E-state index in [2.05, 4.69) is 29.2 Å². The van der Waals surface area contributed by atoms with Crippen LogP contribution < -0.4 is 9.47 Å². The van der Waals surface area contributed by atoms with E-state index in [4.69, 9.17) is 14.2 Å². The third-order valence-electron chi connectivity index (χ3n) is 5.73. The first-order valence-corrected chi connectivity index (χ1v) is 7.79. The zero-order valence-electron chi connectivity index (χ0n) is 12.5. The molecule has 5 atom stereocenters. The van der Waals surface area contributed by atoms with Gasteiger partial charge in [0.1, 0.15) is 0 Å². The summed E-state index contributed by atoms with van der Waals surface area (Å²) >= 11 is 0. The molecular formula is C17H19NO4. The molecule has 4 aliphatic rings. The molecule has 3 heterocycles. The van der Waals surface area contributed by atoms with Crippen molar-refractivity contribution in [1.82, 2.24) is 4.90 Å². The molecule has 5 heteroatoms. The molecule has 3 aliphatic heterocycles. The van der Waals surface area contributed by atoms with Gasteiger partial charge in [-0.3, -0.25) is 4.90 Å². The maximum atomic E-state index is 10.8. The van der Waals surface area contributed by atoms with Crippen LogP contribution in [-0.2, 0) is 16.7 Å². The summed E-state index contributed by atoms with van der Waals surface area (Å²) in [4.78, 5) is 2.38. The molecule has 0 saturated carbocycles. The number of aliphatic hydroxyl groups excluding tert-OH is 1. The average molecular weight is 301 g/mol. The minimum absolute atomic E-state index is 0.126. The minimum atomic E-state index is -0.395. The van der Waals surface area contributed by atoms with Gasteiger partial charge in [-0.15, -0.1) is 0 Å². The Kier molecular flexibility index (Phi) is 2.50. The summed E-state index contributed by atoms with van der Waals surface area (Å²) in [6.45, 7) is 1.83. The van der Waals surface area contributed by atoms with Crippen molar-refractivity contribution >= 4 is 0 Å². The fourth-order valence-electron chi connectivity index (χ4n) is 4.69. The first kappa shape index (κ1) is 12.9. The molecule has 116 valence electrons. The van der Waals surface area contributed by atoms with Crippen molar-refractivity contribution in [2.24, 2.45) is 0 Å². The quantitative estimate of drug-likeness (QED) is 0.790. The fraction of sp³-hybridized carbons (Fsp3) is 0.529. The van der Waals surface area contributed by atoms with E-state index in [0.29, 0.717) is 6.54 Å². The Bertz CT molecular complexity index is 673. The van der Waals surface area contributed by atoms with Crippen LogP contribution in [0.5, 0.6) is 11.5 Å². The minimum Gasteiger partial charge on any atom is -0.454 e. The molecule has 1 N–H and O–H groups in total. The Morgan fingerprint density at radius 2 is 2.14 bits per heavy atom. The molecule has 1 aromatic rings. The summed E-state index contributed by atoms with van der Waals surface area (Å²) in [5.74, 6) is 1.61. The summed E-state index contributed by atoms with van der Waals surface area (Å²) in [6.07, 6.45) is 4.91. The third-order valence-corrected chi connectivity index (χ3v) is 5.73. The predicted molar refractivity (Wildman–Crippen MR) is 79.0 cm³/mol. The zero-order valence-corrected chi connectivity index (χ0v) is 12.5. The molecule has 0 radical (unpaired) electrons. The topological polar surface area (TPSA) is 51.2 Å². The van der Waals surface area contributed by atoms with Gasteiger partial charge in [0, 0.05) is 26.2 Å². The van der Waals surface area contributed by atoms with Gasteiger partial charge in [-0.1, -0.05) is 12.2 Å². The van der Waals surface area contributed by atoms with Crippen molar-refractivity contribution in [3.05, 3.63) is 35.4 Å². The Labute approximate surface area is 129 Å². The molecule has 1 fully saturated rings. The van der Waals surface area contributed by atoms with E-state index in [-0.39, 0.29) is 24.4 Å². The van der Waals surface area contributed by atoms with Gasteiger partial charge in [0.2, 0.25) is 6.79 Å². The van der Waals surface area contributed by atoms with Gasteiger partial charge in [-0.25, -0.2) is 0 Å². The number of aliphatic hydroxyl groups is 1. The van der Waals surface area contributed by atoms with Gasteiger partial charge in [-0.05, 0) is 29.7 Å². The lowest BCUT2D eigenvalue weighted by Gasteiger charge is -2.46. The third kappa shape index (κ3) is 1.44. The summed E-state index contributed by atoms with van der Waals surface area (Å²) in [7, 11) is 1.75. The molecule has 0 amide bonds. The van der Waals surface area contributed by atoms with Gasteiger partial charge < -0.3 is 19.3 Å². The number of benzene rings is 1. The second-order valence-electron chi connectivity index (χ2n) is 6.63. The maximum absolute atomic E-state index is 10.8. The van der Waals surface area contributed by atoms with Gasteiger partial charge in [0.15, 0.2) is 11.5 Å². The Morgan fingerprint density at radius 1 is 1.32 bits per heavy atom. The Morgan fingerprint density at radius 3 is 2.95 bits per heavy atom. The molecule has 5 nitrogen and oxygen atoms in total. The predicted octanol–water partition coefficient (Wildman–Crippen LogP) is 1.19. The lowest BCUT2D eigenvalue weighted by molar-refractivity contribution is 0.0660. The largest absolute Gasteiger partial charge is 0.454 e. The van der Waals surface area contributed by atoms with Crippen molar-refractivity contribution in [3.63, 3.8) is 0 Å². The van der Waals surface area contributed by atoms with E-state index >= 15 is 0 Å². The van der Waals surface area contributed by atoms with Crippen LogP contribution >= 0.6 is 0 Å². The van der Waals surface area contributed by atoms with Gasteiger partial charge in [-0.2, -0.15) is 0 Å². The molecule has 0 spiro atoms. The summed E-state index contributed by atoms with van der Waals surface area (Å²) in [5, 5.41) is 10.8. The van der Waals surface area contributed by atoms with Crippen LogP contribution in [0.25, 0.3) is 0 Å². The smallest absolute Gasteiger partial charge is 0.231 e. The molecule has 1 aromatic carbocycles. The summed E-state index contributed by atoms with van der Waals surface area (Å²) in [5.41, 5.74) is 2.08. The van der Waals surface area contributed by atoms with Gasteiger partial charge >= 0.3 is 0 Å². The highest BCUT2D eigenvalue weighted by atomic mass is 16.7. The number of hydrogen-bond acceptors (Lipinski definition) is 5. The second-order valence-corrected chi connectivity index (χ2v) is 6.63. The molecular weight excluding hydrogens is 282 g/mol. The molecule has 1 aliphatic carbocycles. The van der Waals surface area contributed by atoms with Crippen molar-refractivity contribution in [2.45, 2.75) is 36.6 Å². The van der Waals surface area contributed by atoms with Gasteiger partial charge in [0.05, 0.1) is 17.6 Å². The lowest BCUT2D eigenvalue weighted by atomic mass is 9.65. The molecule has 0 aromatic heterocycles. The molecule has 1 unspecified atom stereocenters. The second kappa shape index (κ2) is 4.25. The normalized spacial score (nSPS) is 40.5. The fourth-order valence-corrected chi connectivity index (χ4v) is 4.69. The van der Waals surface area contributed by atoms with E-state index in [9.17, 15) is 5.11 Å². The van der Waals surface area contributed by atoms with E-state index in [1.54, 1.807) is 7.11 Å². The first-order valence-electron chi connectivity index (χ1n) is 7.79. The van der Waals surface area contributed by atoms with Crippen molar-refractivity contribution in [2.75, 3.05) is 20.4 Å². The van der Waals surface area contributed by atoms with Crippen LogP contribution in [0, 0.1) is 0 Å². The first-order chi connectivity index (χ1) is 10.7. The number of nitrogens with zero attached hydrogens (tertiary/aromatic N) is 1. The number of fused-ring (bicyclic) bond motifs is 2. The zero-order chi connectivity index (χ0) is 14.9. The Balaban J connectivity index is 1.72. The lowest BCUT2D eigenvalue weighted by Crippen LogP contribution is -2.52. The van der Waals surface area contributed by atoms with Crippen LogP contribution in [0.4, 0.5) is 0 Å². The highest BCUT2D eigenvalue weighted by Crippen LogP contribution is 2.53. The van der Waals surface area contributed by atoms with E-state index < -0.39 is 6.10 Å². The van der Waals surface area contributed by atoms with E-state index in [1.807, 2.05) is 0 Å². The standard InChI is InChI=1S/C17H19NO4/c1-20-11-2-3-17-12-6-14-13(21-9-22-14)4-10(12)7-18(8-16(17)19)15(17)5-11/h2-4,6,11,15-16,19H,5,7-9H2,1H3/t11-,15+,16-,17+/m1/s1. The van der Waals surface area contributed by atoms with Gasteiger partial charge in [0.25, 0.3) is 0 Å². The average Bonchev–Trinajstić information content (AvgIpc) is 3.06.